The fraction of sp³-hybridized carbons (Fsp3) is 0.211. The van der Waals surface area contributed by atoms with Crippen molar-refractivity contribution in [1.82, 2.24) is 5.32 Å². The molecule has 0 aliphatic carbocycles. The maximum atomic E-state index is 12.3. The predicted molar refractivity (Wildman–Crippen MR) is 90.3 cm³/mol. The van der Waals surface area contributed by atoms with Crippen LogP contribution in [0.3, 0.4) is 0 Å². The fourth-order valence-corrected chi connectivity index (χ4v) is 2.63. The SMILES string of the molecule is CC(C)CNC(=O)c1cc(O)c2ccc3ccccc3c2c1. The van der Waals surface area contributed by atoms with E-state index in [1.165, 1.54) is 6.07 Å². The zero-order valence-electron chi connectivity index (χ0n) is 12.8. The van der Waals surface area contributed by atoms with Crippen LogP contribution >= 0.6 is 0 Å². The Morgan fingerprint density at radius 2 is 1.82 bits per heavy atom. The fourth-order valence-electron chi connectivity index (χ4n) is 2.63. The summed E-state index contributed by atoms with van der Waals surface area (Å²) in [5.41, 5.74) is 0.488. The van der Waals surface area contributed by atoms with Crippen LogP contribution in [0, 0.1) is 5.92 Å². The van der Waals surface area contributed by atoms with Crippen LogP contribution in [0.4, 0.5) is 0 Å². The van der Waals surface area contributed by atoms with E-state index in [4.69, 9.17) is 0 Å². The highest BCUT2D eigenvalue weighted by atomic mass is 16.3. The van der Waals surface area contributed by atoms with Gasteiger partial charge in [-0.05, 0) is 34.2 Å². The lowest BCUT2D eigenvalue weighted by molar-refractivity contribution is 0.0949. The van der Waals surface area contributed by atoms with E-state index in [1.54, 1.807) is 0 Å². The van der Waals surface area contributed by atoms with Crippen LogP contribution in [0.2, 0.25) is 0 Å². The maximum Gasteiger partial charge on any atom is 0.251 e. The first-order chi connectivity index (χ1) is 10.6. The predicted octanol–water partition coefficient (Wildman–Crippen LogP) is 4.08. The van der Waals surface area contributed by atoms with E-state index in [0.717, 1.165) is 21.5 Å². The van der Waals surface area contributed by atoms with E-state index >= 15 is 0 Å². The number of aromatic hydroxyl groups is 1. The van der Waals surface area contributed by atoms with Crippen LogP contribution in [-0.2, 0) is 0 Å². The lowest BCUT2D eigenvalue weighted by atomic mass is 9.99. The van der Waals surface area contributed by atoms with E-state index in [9.17, 15) is 9.90 Å². The van der Waals surface area contributed by atoms with E-state index in [1.807, 2.05) is 56.3 Å². The van der Waals surface area contributed by atoms with Gasteiger partial charge in [0.1, 0.15) is 5.75 Å². The molecule has 0 fully saturated rings. The number of rotatable bonds is 3. The lowest BCUT2D eigenvalue weighted by Gasteiger charge is -2.11. The summed E-state index contributed by atoms with van der Waals surface area (Å²) in [7, 11) is 0. The number of carbonyl (C=O) groups excluding carboxylic acids is 1. The lowest BCUT2D eigenvalue weighted by Crippen LogP contribution is -2.27. The van der Waals surface area contributed by atoms with Gasteiger partial charge in [0.05, 0.1) is 0 Å². The summed E-state index contributed by atoms with van der Waals surface area (Å²) in [6.45, 7) is 4.71. The molecule has 3 nitrogen and oxygen atoms in total. The van der Waals surface area contributed by atoms with Crippen LogP contribution in [0.15, 0.2) is 48.5 Å². The second-order valence-electron chi connectivity index (χ2n) is 5.98. The van der Waals surface area contributed by atoms with Crippen LogP contribution in [0.1, 0.15) is 24.2 Å². The molecular weight excluding hydrogens is 274 g/mol. The Bertz CT molecular complexity index is 853. The van der Waals surface area contributed by atoms with Gasteiger partial charge >= 0.3 is 0 Å². The van der Waals surface area contributed by atoms with Crippen LogP contribution < -0.4 is 5.32 Å². The quantitative estimate of drug-likeness (QED) is 0.715. The monoisotopic (exact) mass is 293 g/mol. The molecule has 3 heteroatoms. The number of fused-ring (bicyclic) bond motifs is 3. The molecule has 3 rings (SSSR count). The summed E-state index contributed by atoms with van der Waals surface area (Å²) in [4.78, 5) is 12.3. The topological polar surface area (TPSA) is 49.3 Å². The molecule has 0 saturated carbocycles. The molecule has 3 aromatic carbocycles. The summed E-state index contributed by atoms with van der Waals surface area (Å²) < 4.78 is 0. The molecule has 3 aromatic rings. The number of phenols is 1. The summed E-state index contributed by atoms with van der Waals surface area (Å²) >= 11 is 0. The van der Waals surface area contributed by atoms with Gasteiger partial charge in [0.25, 0.3) is 5.91 Å². The number of carbonyl (C=O) groups is 1. The van der Waals surface area contributed by atoms with E-state index in [2.05, 4.69) is 5.32 Å². The molecule has 0 bridgehead atoms. The van der Waals surface area contributed by atoms with Crippen molar-refractivity contribution >= 4 is 27.5 Å². The summed E-state index contributed by atoms with van der Waals surface area (Å²) in [5, 5.41) is 16.9. The average molecular weight is 293 g/mol. The normalized spacial score (nSPS) is 11.2. The largest absolute Gasteiger partial charge is 0.507 e. The summed E-state index contributed by atoms with van der Waals surface area (Å²) in [5.74, 6) is 0.371. The first-order valence-electron chi connectivity index (χ1n) is 7.49. The first-order valence-corrected chi connectivity index (χ1v) is 7.49. The second-order valence-corrected chi connectivity index (χ2v) is 5.98. The Labute approximate surface area is 129 Å². The standard InChI is InChI=1S/C19H19NO2/c1-12(2)11-20-19(22)14-9-17-15-6-4-3-5-13(15)7-8-16(17)18(21)10-14/h3-10,12,21H,11H2,1-2H3,(H,20,22). The van der Waals surface area contributed by atoms with Crippen molar-refractivity contribution < 1.29 is 9.90 Å². The number of hydrogen-bond acceptors (Lipinski definition) is 2. The number of benzene rings is 3. The average Bonchev–Trinajstić information content (AvgIpc) is 2.52. The third-order valence-electron chi connectivity index (χ3n) is 3.77. The number of phenolic OH excluding ortho intramolecular Hbond substituents is 1. The molecule has 0 radical (unpaired) electrons. The molecule has 0 aliphatic heterocycles. The number of amides is 1. The van der Waals surface area contributed by atoms with E-state index in [0.29, 0.717) is 18.0 Å². The van der Waals surface area contributed by atoms with Gasteiger partial charge in [-0.1, -0.05) is 50.2 Å². The molecule has 22 heavy (non-hydrogen) atoms. The molecule has 0 unspecified atom stereocenters. The molecule has 0 spiro atoms. The van der Waals surface area contributed by atoms with Gasteiger partial charge < -0.3 is 10.4 Å². The van der Waals surface area contributed by atoms with Gasteiger partial charge in [0.2, 0.25) is 0 Å². The van der Waals surface area contributed by atoms with Crippen LogP contribution in [-0.4, -0.2) is 17.6 Å². The zero-order valence-corrected chi connectivity index (χ0v) is 12.8. The van der Waals surface area contributed by atoms with Crippen molar-refractivity contribution in [2.75, 3.05) is 6.54 Å². The van der Waals surface area contributed by atoms with Gasteiger partial charge in [-0.25, -0.2) is 0 Å². The molecule has 112 valence electrons. The Kier molecular flexibility index (Phi) is 3.72. The van der Waals surface area contributed by atoms with Gasteiger partial charge in [0, 0.05) is 17.5 Å². The zero-order chi connectivity index (χ0) is 15.7. The van der Waals surface area contributed by atoms with Crippen molar-refractivity contribution in [2.24, 2.45) is 5.92 Å². The van der Waals surface area contributed by atoms with Crippen molar-refractivity contribution in [3.05, 3.63) is 54.1 Å². The number of hydrogen-bond donors (Lipinski definition) is 2. The van der Waals surface area contributed by atoms with Crippen molar-refractivity contribution in [3.8, 4) is 5.75 Å². The number of nitrogens with one attached hydrogen (secondary N) is 1. The minimum absolute atomic E-state index is 0.137. The summed E-state index contributed by atoms with van der Waals surface area (Å²) in [6, 6.07) is 15.2. The van der Waals surface area contributed by atoms with Crippen LogP contribution in [0.25, 0.3) is 21.5 Å². The molecule has 0 saturated heterocycles. The minimum atomic E-state index is -0.154. The molecular formula is C19H19NO2. The highest BCUT2D eigenvalue weighted by Crippen LogP contribution is 2.32. The highest BCUT2D eigenvalue weighted by Gasteiger charge is 2.12. The summed E-state index contributed by atoms with van der Waals surface area (Å²) in [6.07, 6.45) is 0. The van der Waals surface area contributed by atoms with Crippen LogP contribution in [0.5, 0.6) is 5.75 Å². The Balaban J connectivity index is 2.13. The second kappa shape index (κ2) is 5.68. The molecule has 0 aliphatic rings. The van der Waals surface area contributed by atoms with Crippen molar-refractivity contribution in [1.29, 1.82) is 0 Å². The molecule has 1 amide bonds. The minimum Gasteiger partial charge on any atom is -0.507 e. The third-order valence-corrected chi connectivity index (χ3v) is 3.77. The molecule has 0 aromatic heterocycles. The first kappa shape index (κ1) is 14.4. The Morgan fingerprint density at radius 1 is 1.05 bits per heavy atom. The van der Waals surface area contributed by atoms with E-state index < -0.39 is 0 Å². The maximum absolute atomic E-state index is 12.3. The smallest absolute Gasteiger partial charge is 0.251 e. The van der Waals surface area contributed by atoms with E-state index in [-0.39, 0.29) is 11.7 Å². The third kappa shape index (κ3) is 2.62. The molecule has 0 heterocycles. The molecule has 2 N–H and O–H groups in total. The van der Waals surface area contributed by atoms with Crippen molar-refractivity contribution in [3.63, 3.8) is 0 Å². The van der Waals surface area contributed by atoms with Gasteiger partial charge in [-0.15, -0.1) is 0 Å². The van der Waals surface area contributed by atoms with Gasteiger partial charge in [-0.2, -0.15) is 0 Å². The Morgan fingerprint density at radius 3 is 2.59 bits per heavy atom. The Hall–Kier alpha value is -2.55. The highest BCUT2D eigenvalue weighted by molar-refractivity contribution is 6.12. The van der Waals surface area contributed by atoms with Crippen molar-refractivity contribution in [2.45, 2.75) is 13.8 Å². The molecule has 0 atom stereocenters. The van der Waals surface area contributed by atoms with Gasteiger partial charge in [-0.3, -0.25) is 4.79 Å². The van der Waals surface area contributed by atoms with Gasteiger partial charge in [0.15, 0.2) is 0 Å².